The molecule has 1 heterocycles. The summed E-state index contributed by atoms with van der Waals surface area (Å²) in [5, 5.41) is 20.7. The van der Waals surface area contributed by atoms with Gasteiger partial charge in [0.1, 0.15) is 4.32 Å². The van der Waals surface area contributed by atoms with Gasteiger partial charge in [0.05, 0.1) is 24.2 Å². The molecule has 1 aromatic carbocycles. The van der Waals surface area contributed by atoms with Gasteiger partial charge >= 0.3 is 0 Å². The lowest BCUT2D eigenvalue weighted by Gasteiger charge is -2.28. The van der Waals surface area contributed by atoms with Crippen molar-refractivity contribution in [3.05, 3.63) is 39.9 Å². The molecule has 0 aliphatic carbocycles. The average molecular weight is 328 g/mol. The van der Waals surface area contributed by atoms with E-state index in [1.54, 1.807) is 12.1 Å². The summed E-state index contributed by atoms with van der Waals surface area (Å²) in [6.07, 6.45) is -0.699. The van der Waals surface area contributed by atoms with Crippen molar-refractivity contribution in [1.82, 2.24) is 4.90 Å². The summed E-state index contributed by atoms with van der Waals surface area (Å²) in [5.41, 5.74) is 0.667. The Labute approximate surface area is 132 Å². The second kappa shape index (κ2) is 7.69. The van der Waals surface area contributed by atoms with E-state index in [4.69, 9.17) is 17.0 Å². The summed E-state index contributed by atoms with van der Waals surface area (Å²) in [5.74, 6) is 0.425. The fraction of sp³-hybridized carbons (Fsp3) is 0.462. The minimum Gasteiger partial charge on any atom is -0.388 e. The Hall–Kier alpha value is -1.22. The standard InChI is InChI=1S/C13H16N2O4S2/c16-12(10-1-3-11(4-2-10)15(17)18)9-21-13(20)14-5-7-19-8-6-14/h1-4,12,16H,5-9H2/t12-/m1/s1. The molecule has 1 aromatic rings. The third kappa shape index (κ3) is 4.63. The number of aliphatic hydroxyl groups is 1. The van der Waals surface area contributed by atoms with Crippen LogP contribution < -0.4 is 0 Å². The number of thioether (sulfide) groups is 1. The Morgan fingerprint density at radius 2 is 2.05 bits per heavy atom. The van der Waals surface area contributed by atoms with Gasteiger partial charge in [-0.3, -0.25) is 10.1 Å². The molecule has 1 saturated heterocycles. The molecule has 1 N–H and O–H groups in total. The van der Waals surface area contributed by atoms with Crippen LogP contribution in [0.5, 0.6) is 0 Å². The number of nitrogens with zero attached hydrogens (tertiary/aromatic N) is 2. The minimum atomic E-state index is -0.699. The first kappa shape index (κ1) is 16.2. The van der Waals surface area contributed by atoms with E-state index in [0.29, 0.717) is 24.5 Å². The first-order chi connectivity index (χ1) is 10.1. The first-order valence-corrected chi connectivity index (χ1v) is 7.89. The fourth-order valence-corrected chi connectivity index (χ4v) is 3.15. The smallest absolute Gasteiger partial charge is 0.269 e. The number of ether oxygens (including phenoxy) is 1. The van der Waals surface area contributed by atoms with Crippen molar-refractivity contribution in [1.29, 1.82) is 0 Å². The van der Waals surface area contributed by atoms with Crippen molar-refractivity contribution in [2.24, 2.45) is 0 Å². The highest BCUT2D eigenvalue weighted by atomic mass is 32.2. The lowest BCUT2D eigenvalue weighted by atomic mass is 10.1. The van der Waals surface area contributed by atoms with Crippen molar-refractivity contribution in [3.63, 3.8) is 0 Å². The molecular weight excluding hydrogens is 312 g/mol. The number of hydrogen-bond donors (Lipinski definition) is 1. The monoisotopic (exact) mass is 328 g/mol. The van der Waals surface area contributed by atoms with Gasteiger partial charge in [0.15, 0.2) is 0 Å². The third-order valence-corrected chi connectivity index (χ3v) is 4.72. The van der Waals surface area contributed by atoms with Gasteiger partial charge in [0.2, 0.25) is 0 Å². The maximum atomic E-state index is 10.6. The quantitative estimate of drug-likeness (QED) is 0.514. The van der Waals surface area contributed by atoms with Crippen LogP contribution in [-0.4, -0.2) is 51.3 Å². The molecule has 1 aliphatic rings. The number of nitro groups is 1. The van der Waals surface area contributed by atoms with Gasteiger partial charge in [-0.2, -0.15) is 0 Å². The predicted octanol–water partition coefficient (Wildman–Crippen LogP) is 1.98. The van der Waals surface area contributed by atoms with Crippen LogP contribution in [0.4, 0.5) is 5.69 Å². The second-order valence-electron chi connectivity index (χ2n) is 4.54. The largest absolute Gasteiger partial charge is 0.388 e. The molecule has 0 aromatic heterocycles. The van der Waals surface area contributed by atoms with E-state index in [-0.39, 0.29) is 5.69 Å². The molecule has 21 heavy (non-hydrogen) atoms. The Bertz CT molecular complexity index is 503. The van der Waals surface area contributed by atoms with Crippen molar-refractivity contribution in [2.75, 3.05) is 32.1 Å². The van der Waals surface area contributed by atoms with E-state index >= 15 is 0 Å². The number of thiocarbonyl (C=S) groups is 1. The van der Waals surface area contributed by atoms with E-state index in [1.807, 2.05) is 0 Å². The molecule has 8 heteroatoms. The fourth-order valence-electron chi connectivity index (χ4n) is 1.90. The lowest BCUT2D eigenvalue weighted by Crippen LogP contribution is -2.38. The zero-order valence-corrected chi connectivity index (χ0v) is 12.9. The molecule has 114 valence electrons. The normalized spacial score (nSPS) is 16.5. The summed E-state index contributed by atoms with van der Waals surface area (Å²) in [7, 11) is 0. The van der Waals surface area contributed by atoms with Gasteiger partial charge in [-0.05, 0) is 17.7 Å². The summed E-state index contributed by atoms with van der Waals surface area (Å²) in [6, 6.07) is 5.93. The number of rotatable bonds is 4. The van der Waals surface area contributed by atoms with Crippen LogP contribution in [0.3, 0.4) is 0 Å². The van der Waals surface area contributed by atoms with Gasteiger partial charge in [-0.1, -0.05) is 24.0 Å². The minimum absolute atomic E-state index is 0.0161. The summed E-state index contributed by atoms with van der Waals surface area (Å²) in [6.45, 7) is 2.90. The molecule has 0 unspecified atom stereocenters. The maximum absolute atomic E-state index is 10.6. The summed E-state index contributed by atoms with van der Waals surface area (Å²) in [4.78, 5) is 12.2. The molecule has 1 atom stereocenters. The molecule has 1 fully saturated rings. The van der Waals surface area contributed by atoms with Crippen LogP contribution in [0.1, 0.15) is 11.7 Å². The van der Waals surface area contributed by atoms with E-state index in [0.717, 1.165) is 17.4 Å². The van der Waals surface area contributed by atoms with Crippen LogP contribution in [-0.2, 0) is 4.74 Å². The van der Waals surface area contributed by atoms with E-state index in [9.17, 15) is 15.2 Å². The van der Waals surface area contributed by atoms with Gasteiger partial charge in [0, 0.05) is 31.0 Å². The SMILES string of the molecule is O=[N+]([O-])c1ccc([C@H](O)CSC(=S)N2CCOCC2)cc1. The second-order valence-corrected chi connectivity index (χ2v) is 6.19. The van der Waals surface area contributed by atoms with E-state index in [2.05, 4.69) is 4.90 Å². The zero-order valence-electron chi connectivity index (χ0n) is 11.3. The van der Waals surface area contributed by atoms with Gasteiger partial charge in [-0.25, -0.2) is 0 Å². The Balaban J connectivity index is 1.84. The molecule has 0 bridgehead atoms. The molecule has 1 aliphatic heterocycles. The highest BCUT2D eigenvalue weighted by molar-refractivity contribution is 8.22. The Morgan fingerprint density at radius 3 is 2.62 bits per heavy atom. The van der Waals surface area contributed by atoms with Gasteiger partial charge in [-0.15, -0.1) is 0 Å². The van der Waals surface area contributed by atoms with Gasteiger partial charge < -0.3 is 14.7 Å². The van der Waals surface area contributed by atoms with Crippen molar-refractivity contribution in [3.8, 4) is 0 Å². The molecule has 6 nitrogen and oxygen atoms in total. The van der Waals surface area contributed by atoms with Crippen LogP contribution in [0.2, 0.25) is 0 Å². The lowest BCUT2D eigenvalue weighted by molar-refractivity contribution is -0.384. The van der Waals surface area contributed by atoms with Gasteiger partial charge in [0.25, 0.3) is 5.69 Å². The highest BCUT2D eigenvalue weighted by Crippen LogP contribution is 2.23. The van der Waals surface area contributed by atoms with E-state index < -0.39 is 11.0 Å². The average Bonchev–Trinajstić information content (AvgIpc) is 2.53. The first-order valence-electron chi connectivity index (χ1n) is 6.50. The number of morpholine rings is 1. The number of benzene rings is 1. The molecular formula is C13H16N2O4S2. The third-order valence-electron chi connectivity index (χ3n) is 3.12. The maximum Gasteiger partial charge on any atom is 0.269 e. The molecule has 0 radical (unpaired) electrons. The number of aliphatic hydroxyl groups excluding tert-OH is 1. The summed E-state index contributed by atoms with van der Waals surface area (Å²) < 4.78 is 6.01. The predicted molar refractivity (Wildman–Crippen MR) is 85.5 cm³/mol. The van der Waals surface area contributed by atoms with Crippen LogP contribution in [0.15, 0.2) is 24.3 Å². The Morgan fingerprint density at radius 1 is 1.43 bits per heavy atom. The zero-order chi connectivity index (χ0) is 15.2. The van der Waals surface area contributed by atoms with Crippen LogP contribution >= 0.6 is 24.0 Å². The summed E-state index contributed by atoms with van der Waals surface area (Å²) >= 11 is 6.74. The Kier molecular flexibility index (Phi) is 5.92. The molecule has 0 amide bonds. The number of nitro benzene ring substituents is 1. The molecule has 0 spiro atoms. The number of non-ortho nitro benzene ring substituents is 1. The van der Waals surface area contributed by atoms with Crippen molar-refractivity contribution < 1.29 is 14.8 Å². The molecule has 2 rings (SSSR count). The van der Waals surface area contributed by atoms with Crippen LogP contribution in [0, 0.1) is 10.1 Å². The highest BCUT2D eigenvalue weighted by Gasteiger charge is 2.16. The van der Waals surface area contributed by atoms with Crippen molar-refractivity contribution in [2.45, 2.75) is 6.10 Å². The van der Waals surface area contributed by atoms with E-state index in [1.165, 1.54) is 23.9 Å². The van der Waals surface area contributed by atoms with Crippen molar-refractivity contribution >= 4 is 34.0 Å². The topological polar surface area (TPSA) is 75.8 Å². The molecule has 0 saturated carbocycles. The van der Waals surface area contributed by atoms with Crippen LogP contribution in [0.25, 0.3) is 0 Å². The number of hydrogen-bond acceptors (Lipinski definition) is 6.